The lowest BCUT2D eigenvalue weighted by molar-refractivity contribution is 0.284. The van der Waals surface area contributed by atoms with Crippen molar-refractivity contribution < 1.29 is 8.42 Å². The molecule has 1 heterocycles. The van der Waals surface area contributed by atoms with Crippen LogP contribution < -0.4 is 5.32 Å². The first-order valence-electron chi connectivity index (χ1n) is 6.95. The van der Waals surface area contributed by atoms with Gasteiger partial charge in [-0.25, -0.2) is 12.7 Å². The van der Waals surface area contributed by atoms with Crippen LogP contribution in [0.25, 0.3) is 0 Å². The van der Waals surface area contributed by atoms with Gasteiger partial charge in [-0.1, -0.05) is 12.1 Å². The Hall–Kier alpha value is -0.950. The van der Waals surface area contributed by atoms with Crippen LogP contribution in [0, 0.1) is 0 Å². The van der Waals surface area contributed by atoms with Crippen molar-refractivity contribution in [3.05, 3.63) is 29.8 Å². The van der Waals surface area contributed by atoms with Gasteiger partial charge in [-0.15, -0.1) is 0 Å². The maximum atomic E-state index is 12.1. The summed E-state index contributed by atoms with van der Waals surface area (Å²) in [5, 5.41) is 3.37. The molecule has 0 radical (unpaired) electrons. The number of rotatable bonds is 4. The zero-order chi connectivity index (χ0) is 14.6. The van der Waals surface area contributed by atoms with Crippen molar-refractivity contribution >= 4 is 10.0 Å². The molecule has 1 aromatic rings. The third-order valence-corrected chi connectivity index (χ3v) is 5.33. The Morgan fingerprint density at radius 1 is 1.25 bits per heavy atom. The monoisotopic (exact) mass is 297 g/mol. The van der Waals surface area contributed by atoms with Crippen molar-refractivity contribution in [2.24, 2.45) is 0 Å². The predicted octanol–water partition coefficient (Wildman–Crippen LogP) is 0.732. The summed E-state index contributed by atoms with van der Waals surface area (Å²) in [4.78, 5) is 2.73. The van der Waals surface area contributed by atoms with E-state index < -0.39 is 10.0 Å². The summed E-state index contributed by atoms with van der Waals surface area (Å²) in [5.74, 6) is 0. The lowest BCUT2D eigenvalue weighted by Crippen LogP contribution is -2.28. The zero-order valence-electron chi connectivity index (χ0n) is 12.2. The first kappa shape index (κ1) is 15.4. The molecule has 112 valence electrons. The van der Waals surface area contributed by atoms with E-state index in [1.165, 1.54) is 4.31 Å². The highest BCUT2D eigenvalue weighted by Gasteiger charge is 2.17. The topological polar surface area (TPSA) is 52.7 Å². The van der Waals surface area contributed by atoms with Gasteiger partial charge in [0.2, 0.25) is 10.0 Å². The highest BCUT2D eigenvalue weighted by atomic mass is 32.2. The summed E-state index contributed by atoms with van der Waals surface area (Å²) in [6.45, 7) is 4.92. The Labute approximate surface area is 121 Å². The van der Waals surface area contributed by atoms with Gasteiger partial charge in [0.15, 0.2) is 0 Å². The molecule has 0 spiro atoms. The molecule has 0 saturated carbocycles. The summed E-state index contributed by atoms with van der Waals surface area (Å²) in [6.07, 6.45) is 1.13. The second-order valence-corrected chi connectivity index (χ2v) is 7.47. The maximum Gasteiger partial charge on any atom is 0.242 e. The largest absolute Gasteiger partial charge is 0.315 e. The fourth-order valence-corrected chi connectivity index (χ4v) is 3.31. The van der Waals surface area contributed by atoms with Crippen LogP contribution in [0.5, 0.6) is 0 Å². The van der Waals surface area contributed by atoms with Gasteiger partial charge in [0, 0.05) is 33.7 Å². The normalized spacial score (nSPS) is 18.1. The van der Waals surface area contributed by atoms with Gasteiger partial charge in [0.05, 0.1) is 4.90 Å². The van der Waals surface area contributed by atoms with Crippen molar-refractivity contribution in [3.8, 4) is 0 Å². The third kappa shape index (κ3) is 3.79. The second-order valence-electron chi connectivity index (χ2n) is 5.31. The summed E-state index contributed by atoms with van der Waals surface area (Å²) in [5.41, 5.74) is 1.05. The van der Waals surface area contributed by atoms with E-state index in [2.05, 4.69) is 10.2 Å². The quantitative estimate of drug-likeness (QED) is 0.890. The van der Waals surface area contributed by atoms with Crippen molar-refractivity contribution in [3.63, 3.8) is 0 Å². The highest BCUT2D eigenvalue weighted by Crippen LogP contribution is 2.16. The average Bonchev–Trinajstić information content (AvgIpc) is 2.67. The van der Waals surface area contributed by atoms with Gasteiger partial charge >= 0.3 is 0 Å². The second kappa shape index (κ2) is 6.67. The minimum absolute atomic E-state index is 0.368. The number of sulfonamides is 1. The number of nitrogens with zero attached hydrogens (tertiary/aromatic N) is 2. The van der Waals surface area contributed by atoms with E-state index in [-0.39, 0.29) is 0 Å². The molecule has 5 nitrogen and oxygen atoms in total. The average molecular weight is 297 g/mol. The van der Waals surface area contributed by atoms with Crippen molar-refractivity contribution in [1.82, 2.24) is 14.5 Å². The predicted molar refractivity (Wildman–Crippen MR) is 80.1 cm³/mol. The van der Waals surface area contributed by atoms with Crippen LogP contribution in [0.2, 0.25) is 0 Å². The summed E-state index contributed by atoms with van der Waals surface area (Å²) in [7, 11) is -0.229. The van der Waals surface area contributed by atoms with Crippen molar-refractivity contribution in [1.29, 1.82) is 0 Å². The van der Waals surface area contributed by atoms with Gasteiger partial charge in [0.1, 0.15) is 0 Å². The summed E-state index contributed by atoms with van der Waals surface area (Å²) >= 11 is 0. The van der Waals surface area contributed by atoms with Crippen LogP contribution in [-0.4, -0.2) is 57.9 Å². The number of hydrogen-bond donors (Lipinski definition) is 1. The molecule has 1 aliphatic rings. The van der Waals surface area contributed by atoms with E-state index >= 15 is 0 Å². The van der Waals surface area contributed by atoms with E-state index in [1.54, 1.807) is 26.2 Å². The minimum atomic E-state index is -3.34. The molecular weight excluding hydrogens is 274 g/mol. The number of nitrogens with one attached hydrogen (secondary N) is 1. The van der Waals surface area contributed by atoms with E-state index in [0.29, 0.717) is 4.90 Å². The molecule has 2 rings (SSSR count). The zero-order valence-corrected chi connectivity index (χ0v) is 13.0. The van der Waals surface area contributed by atoms with E-state index in [0.717, 1.165) is 44.7 Å². The molecule has 1 saturated heterocycles. The lowest BCUT2D eigenvalue weighted by Gasteiger charge is -2.20. The molecule has 20 heavy (non-hydrogen) atoms. The van der Waals surface area contributed by atoms with E-state index in [4.69, 9.17) is 0 Å². The van der Waals surface area contributed by atoms with Gasteiger partial charge in [-0.3, -0.25) is 4.90 Å². The standard InChI is InChI=1S/C14H23N3O2S/c1-16(2)20(18,19)14-6-3-5-13(11-14)12-17-9-4-7-15-8-10-17/h3,5-6,11,15H,4,7-10,12H2,1-2H3. The Bertz CT molecular complexity index is 535. The lowest BCUT2D eigenvalue weighted by atomic mass is 10.2. The van der Waals surface area contributed by atoms with E-state index in [1.807, 2.05) is 12.1 Å². The Kier molecular flexibility index (Phi) is 5.15. The first-order chi connectivity index (χ1) is 9.50. The third-order valence-electron chi connectivity index (χ3n) is 3.52. The van der Waals surface area contributed by atoms with Crippen LogP contribution in [0.3, 0.4) is 0 Å². The fraction of sp³-hybridized carbons (Fsp3) is 0.571. The summed E-state index contributed by atoms with van der Waals surface area (Å²) in [6, 6.07) is 7.26. The molecule has 1 N–H and O–H groups in total. The fourth-order valence-electron chi connectivity index (χ4n) is 2.33. The highest BCUT2D eigenvalue weighted by molar-refractivity contribution is 7.89. The maximum absolute atomic E-state index is 12.1. The van der Waals surface area contributed by atoms with Crippen LogP contribution in [0.4, 0.5) is 0 Å². The van der Waals surface area contributed by atoms with Crippen molar-refractivity contribution in [2.45, 2.75) is 17.9 Å². The molecule has 1 fully saturated rings. The van der Waals surface area contributed by atoms with Crippen LogP contribution in [0.1, 0.15) is 12.0 Å². The molecule has 0 unspecified atom stereocenters. The van der Waals surface area contributed by atoms with Crippen LogP contribution >= 0.6 is 0 Å². The Morgan fingerprint density at radius 2 is 2.05 bits per heavy atom. The Balaban J connectivity index is 2.13. The molecule has 0 bridgehead atoms. The smallest absolute Gasteiger partial charge is 0.242 e. The van der Waals surface area contributed by atoms with E-state index in [9.17, 15) is 8.42 Å². The van der Waals surface area contributed by atoms with Crippen LogP contribution in [0.15, 0.2) is 29.2 Å². The molecule has 1 aliphatic heterocycles. The minimum Gasteiger partial charge on any atom is -0.315 e. The van der Waals surface area contributed by atoms with Gasteiger partial charge in [-0.2, -0.15) is 0 Å². The van der Waals surface area contributed by atoms with Crippen molar-refractivity contribution in [2.75, 3.05) is 40.3 Å². The van der Waals surface area contributed by atoms with Gasteiger partial charge < -0.3 is 5.32 Å². The molecule has 0 amide bonds. The molecule has 1 aromatic carbocycles. The SMILES string of the molecule is CN(C)S(=O)(=O)c1cccc(CN2CCCNCC2)c1. The van der Waals surface area contributed by atoms with Gasteiger partial charge in [-0.05, 0) is 37.2 Å². The molecular formula is C14H23N3O2S. The number of hydrogen-bond acceptors (Lipinski definition) is 4. The molecule has 6 heteroatoms. The Morgan fingerprint density at radius 3 is 2.80 bits per heavy atom. The first-order valence-corrected chi connectivity index (χ1v) is 8.39. The molecule has 0 aliphatic carbocycles. The van der Waals surface area contributed by atoms with Gasteiger partial charge in [0.25, 0.3) is 0 Å². The molecule has 0 aromatic heterocycles. The summed E-state index contributed by atoms with van der Waals surface area (Å²) < 4.78 is 25.5. The molecule has 0 atom stereocenters. The van der Waals surface area contributed by atoms with Crippen LogP contribution in [-0.2, 0) is 16.6 Å². The number of benzene rings is 1.